The van der Waals surface area contributed by atoms with E-state index in [9.17, 15) is 38.2 Å². The molecule has 1 aromatic heterocycles. The number of hydrogen-bond acceptors (Lipinski definition) is 17. The average molecular weight is 738 g/mol. The summed E-state index contributed by atoms with van der Waals surface area (Å²) < 4.78 is 56.7. The number of ether oxygens (including phenoxy) is 6. The molecule has 1 unspecified atom stereocenters. The second-order valence-electron chi connectivity index (χ2n) is 10.7. The molecule has 23 heteroatoms. The lowest BCUT2D eigenvalue weighted by Gasteiger charge is -2.44. The van der Waals surface area contributed by atoms with Gasteiger partial charge in [-0.3, -0.25) is 42.6 Å². The summed E-state index contributed by atoms with van der Waals surface area (Å²) in [5.41, 5.74) is 6.69. The molecule has 2 aliphatic heterocycles. The first-order valence-electron chi connectivity index (χ1n) is 14.6. The number of hydrogen-bond donors (Lipinski definition) is 2. The van der Waals surface area contributed by atoms with Crippen molar-refractivity contribution >= 4 is 43.5 Å². The van der Waals surface area contributed by atoms with E-state index in [1.165, 1.54) is 13.1 Å². The van der Waals surface area contributed by atoms with Crippen molar-refractivity contribution < 1.29 is 66.1 Å². The number of carbonyl (C=O) groups excluding carboxylic acids is 4. The van der Waals surface area contributed by atoms with Crippen LogP contribution in [0.15, 0.2) is 20.9 Å². The van der Waals surface area contributed by atoms with Gasteiger partial charge in [0.1, 0.15) is 24.4 Å². The van der Waals surface area contributed by atoms with Crippen LogP contribution in [0, 0.1) is 6.92 Å². The Morgan fingerprint density at radius 2 is 1.63 bits per heavy atom. The summed E-state index contributed by atoms with van der Waals surface area (Å²) in [5, 5.41) is 3.62. The van der Waals surface area contributed by atoms with Crippen molar-refractivity contribution in [2.45, 2.75) is 89.3 Å². The van der Waals surface area contributed by atoms with Crippen LogP contribution in [0.4, 0.5) is 0 Å². The van der Waals surface area contributed by atoms with E-state index < -0.39 is 111 Å². The Morgan fingerprint density at radius 3 is 2.24 bits per heavy atom. The number of phosphoric ester groups is 1. The van der Waals surface area contributed by atoms with E-state index in [1.54, 1.807) is 0 Å². The lowest BCUT2D eigenvalue weighted by molar-refractivity contribution is -0.237. The summed E-state index contributed by atoms with van der Waals surface area (Å²) in [6, 6.07) is -0.910. The number of carbonyl (C=O) groups is 4. The third-order valence-corrected chi connectivity index (χ3v) is 8.92. The van der Waals surface area contributed by atoms with Crippen LogP contribution in [0.3, 0.4) is 0 Å². The highest BCUT2D eigenvalue weighted by molar-refractivity contribution is 7.99. The molecule has 272 valence electrons. The van der Waals surface area contributed by atoms with E-state index in [0.29, 0.717) is 0 Å². The van der Waals surface area contributed by atoms with E-state index in [1.807, 2.05) is 0 Å². The van der Waals surface area contributed by atoms with Crippen molar-refractivity contribution in [1.29, 1.82) is 0 Å². The SMILES string of the molecule is CC(=O)OC[C@H]1O[C@@H](SCCOP(=O)(O)OC[C@H]2O[C@@H](n3cc(C)c(=O)[nH]c3=O)C[C@H]2N=[N+]=[N-])[C@H](OC(C)=O)[C@@H](OC(C)=O)[C@@H]1OC(C)=O. The number of phosphoric acid groups is 1. The van der Waals surface area contributed by atoms with Gasteiger partial charge in [-0.05, 0) is 12.5 Å². The van der Waals surface area contributed by atoms with Crippen molar-refractivity contribution in [3.8, 4) is 0 Å². The van der Waals surface area contributed by atoms with E-state index in [0.717, 1.165) is 44.0 Å². The Hall–Kier alpha value is -3.75. The molecule has 21 nitrogen and oxygen atoms in total. The molecule has 49 heavy (non-hydrogen) atoms. The second kappa shape index (κ2) is 17.8. The largest absolute Gasteiger partial charge is 0.472 e. The lowest BCUT2D eigenvalue weighted by atomic mass is 9.99. The van der Waals surface area contributed by atoms with Gasteiger partial charge in [-0.2, -0.15) is 0 Å². The molecule has 0 radical (unpaired) electrons. The molecule has 1 aromatic rings. The zero-order valence-electron chi connectivity index (χ0n) is 26.9. The van der Waals surface area contributed by atoms with Crippen molar-refractivity contribution in [3.63, 3.8) is 0 Å². The summed E-state index contributed by atoms with van der Waals surface area (Å²) in [6.45, 7) is 4.41. The Labute approximate surface area is 282 Å². The first kappa shape index (κ1) is 39.7. The summed E-state index contributed by atoms with van der Waals surface area (Å²) in [5.74, 6) is -3.17. The van der Waals surface area contributed by atoms with Crippen LogP contribution < -0.4 is 11.2 Å². The number of nitrogens with one attached hydrogen (secondary N) is 1. The van der Waals surface area contributed by atoms with Gasteiger partial charge in [-0.1, -0.05) is 5.11 Å². The fraction of sp³-hybridized carbons (Fsp3) is 0.692. The monoisotopic (exact) mass is 737 g/mol. The number of aryl methyl sites for hydroxylation is 1. The molecule has 2 aliphatic rings. The molecule has 2 fully saturated rings. The Balaban J connectivity index is 1.66. The number of nitrogens with zero attached hydrogens (tertiary/aromatic N) is 4. The third-order valence-electron chi connectivity index (χ3n) is 6.83. The maximum Gasteiger partial charge on any atom is 0.472 e. The highest BCUT2D eigenvalue weighted by Gasteiger charge is 2.52. The molecular weight excluding hydrogens is 701 g/mol. The van der Waals surface area contributed by atoms with Gasteiger partial charge in [-0.15, -0.1) is 11.8 Å². The first-order valence-corrected chi connectivity index (χ1v) is 17.1. The Bertz CT molecular complexity index is 1600. The van der Waals surface area contributed by atoms with E-state index >= 15 is 0 Å². The normalized spacial score (nSPS) is 27.6. The molecule has 2 saturated heterocycles. The van der Waals surface area contributed by atoms with Gasteiger partial charge < -0.3 is 33.3 Å². The molecule has 0 spiro atoms. The van der Waals surface area contributed by atoms with Gasteiger partial charge in [0.25, 0.3) is 5.56 Å². The minimum absolute atomic E-state index is 0.00725. The molecule has 0 amide bonds. The van der Waals surface area contributed by atoms with Gasteiger partial charge in [-0.25, -0.2) is 9.36 Å². The third kappa shape index (κ3) is 11.7. The number of aromatic amines is 1. The number of aromatic nitrogens is 2. The second-order valence-corrected chi connectivity index (χ2v) is 13.3. The fourth-order valence-electron chi connectivity index (χ4n) is 4.87. The van der Waals surface area contributed by atoms with Crippen molar-refractivity contribution in [2.24, 2.45) is 5.11 Å². The van der Waals surface area contributed by atoms with Crippen LogP contribution in [0.2, 0.25) is 0 Å². The minimum Gasteiger partial charge on any atom is -0.463 e. The van der Waals surface area contributed by atoms with Crippen LogP contribution in [0.1, 0.15) is 45.9 Å². The highest BCUT2D eigenvalue weighted by atomic mass is 32.2. The quantitative estimate of drug-likeness (QED) is 0.0478. The van der Waals surface area contributed by atoms with E-state index in [4.69, 9.17) is 43.0 Å². The standard InChI is InChI=1S/C26H36N5O16PS/c1-12-9-31(26(37)28-24(12)36)20-8-17(29-30-27)18(46-20)11-42-48(38,39)41-6-7-49-25-23(45-16(5)35)22(44-15(4)34)21(43-14(3)33)19(47-25)10-40-13(2)32/h9,17-23,25H,6-8,10-11H2,1-5H3,(H,38,39)(H,28,36,37)/t17-,18-,19-,20-,21-,22+,23-,25+/m1/s1. The van der Waals surface area contributed by atoms with Gasteiger partial charge in [0, 0.05) is 56.5 Å². The summed E-state index contributed by atoms with van der Waals surface area (Å²) in [4.78, 5) is 86.5. The molecule has 0 aromatic carbocycles. The smallest absolute Gasteiger partial charge is 0.463 e. The van der Waals surface area contributed by atoms with E-state index in [2.05, 4.69) is 15.0 Å². The molecule has 0 aliphatic carbocycles. The molecule has 2 N–H and O–H groups in total. The summed E-state index contributed by atoms with van der Waals surface area (Å²) in [7, 11) is -4.76. The van der Waals surface area contributed by atoms with Crippen LogP contribution >= 0.6 is 19.6 Å². The van der Waals surface area contributed by atoms with Crippen LogP contribution in [0.5, 0.6) is 0 Å². The lowest BCUT2D eigenvalue weighted by Crippen LogP contribution is -2.61. The molecule has 0 saturated carbocycles. The fourth-order valence-corrected chi connectivity index (χ4v) is 6.76. The van der Waals surface area contributed by atoms with Crippen molar-refractivity contribution in [1.82, 2.24) is 9.55 Å². The van der Waals surface area contributed by atoms with Gasteiger partial charge in [0.15, 0.2) is 18.3 Å². The zero-order valence-corrected chi connectivity index (χ0v) is 28.7. The maximum atomic E-state index is 12.7. The molecule has 0 bridgehead atoms. The topological polar surface area (TPSA) is 283 Å². The predicted molar refractivity (Wildman–Crippen MR) is 164 cm³/mol. The van der Waals surface area contributed by atoms with Crippen LogP contribution in [-0.2, 0) is 61.2 Å². The van der Waals surface area contributed by atoms with Gasteiger partial charge in [0.05, 0.1) is 25.4 Å². The summed E-state index contributed by atoms with van der Waals surface area (Å²) >= 11 is 0.908. The number of azide groups is 1. The first-order chi connectivity index (χ1) is 23.0. The number of thioether (sulfide) groups is 1. The number of H-pyrrole nitrogens is 1. The summed E-state index contributed by atoms with van der Waals surface area (Å²) in [6.07, 6.45) is -6.04. The Morgan fingerprint density at radius 1 is 1.00 bits per heavy atom. The molecule has 9 atom stereocenters. The maximum absolute atomic E-state index is 12.7. The average Bonchev–Trinajstić information content (AvgIpc) is 3.39. The van der Waals surface area contributed by atoms with Crippen molar-refractivity contribution in [3.05, 3.63) is 43.0 Å². The van der Waals surface area contributed by atoms with Gasteiger partial charge >= 0.3 is 37.4 Å². The predicted octanol–water partition coefficient (Wildman–Crippen LogP) is 0.761. The van der Waals surface area contributed by atoms with Crippen LogP contribution in [0.25, 0.3) is 10.4 Å². The van der Waals surface area contributed by atoms with Gasteiger partial charge in [0.2, 0.25) is 0 Å². The Kier molecular flexibility index (Phi) is 14.4. The molecule has 3 rings (SSSR count). The van der Waals surface area contributed by atoms with E-state index in [-0.39, 0.29) is 17.7 Å². The highest BCUT2D eigenvalue weighted by Crippen LogP contribution is 2.45. The number of esters is 4. The molecular formula is C26H36N5O16PS. The number of rotatable bonds is 15. The molecule has 3 heterocycles. The minimum atomic E-state index is -4.76. The zero-order chi connectivity index (χ0) is 36.5. The van der Waals surface area contributed by atoms with Crippen molar-refractivity contribution in [2.75, 3.05) is 25.6 Å². The van der Waals surface area contributed by atoms with Crippen LogP contribution in [-0.4, -0.2) is 106 Å².